The molecule has 34 heavy (non-hydrogen) atoms. The van der Waals surface area contributed by atoms with Crippen molar-refractivity contribution in [1.82, 2.24) is 19.7 Å². The monoisotopic (exact) mass is 473 g/mol. The number of thioether (sulfide) groups is 1. The van der Waals surface area contributed by atoms with Crippen LogP contribution in [-0.2, 0) is 4.79 Å². The van der Waals surface area contributed by atoms with E-state index in [-0.39, 0.29) is 11.7 Å². The zero-order valence-electron chi connectivity index (χ0n) is 18.6. The molecular weight excluding hydrogens is 450 g/mol. The third kappa shape index (κ3) is 4.74. The molecule has 2 aromatic heterocycles. The van der Waals surface area contributed by atoms with Gasteiger partial charge in [0.2, 0.25) is 5.91 Å². The van der Waals surface area contributed by atoms with Gasteiger partial charge in [0.1, 0.15) is 0 Å². The topological polar surface area (TPSA) is 91.2 Å². The Kier molecular flexibility index (Phi) is 6.44. The molecule has 1 amide bonds. The largest absolute Gasteiger partial charge is 0.490 e. The van der Waals surface area contributed by atoms with Crippen molar-refractivity contribution in [3.63, 3.8) is 0 Å². The number of pyridine rings is 1. The summed E-state index contributed by atoms with van der Waals surface area (Å²) in [6.07, 6.45) is 4.30. The average Bonchev–Trinajstić information content (AvgIpc) is 3.13. The maximum absolute atomic E-state index is 12.7. The fourth-order valence-corrected chi connectivity index (χ4v) is 4.39. The molecule has 172 valence electrons. The van der Waals surface area contributed by atoms with Crippen molar-refractivity contribution in [2.45, 2.75) is 18.5 Å². The summed E-state index contributed by atoms with van der Waals surface area (Å²) in [6.45, 7) is 3.25. The number of carbonyl (C=O) groups excluding carboxylic acids is 1. The molecule has 0 radical (unpaired) electrons. The Morgan fingerprint density at radius 3 is 2.74 bits per heavy atom. The molecule has 5 rings (SSSR count). The molecule has 4 aromatic rings. The third-order valence-corrected chi connectivity index (χ3v) is 6.20. The number of benzene rings is 2. The van der Waals surface area contributed by atoms with Gasteiger partial charge in [-0.25, -0.2) is 0 Å². The standard InChI is InChI=1S/C25H23N5O3S/c1-17-6-2-3-8-20(17)30-24(18-7-4-11-26-15-18)28-29-25(30)34-16-23(31)27-19-9-10-21-22(14-19)33-13-5-12-32-21/h2-4,6-11,14-15H,5,12-13,16H2,1H3,(H,27,31). The fourth-order valence-electron chi connectivity index (χ4n) is 3.65. The molecule has 0 atom stereocenters. The Morgan fingerprint density at radius 2 is 1.91 bits per heavy atom. The highest BCUT2D eigenvalue weighted by atomic mass is 32.2. The molecule has 8 nitrogen and oxygen atoms in total. The summed E-state index contributed by atoms with van der Waals surface area (Å²) in [5.74, 6) is 2.03. The number of anilines is 1. The van der Waals surface area contributed by atoms with E-state index in [1.165, 1.54) is 11.8 Å². The van der Waals surface area contributed by atoms with Gasteiger partial charge in [-0.3, -0.25) is 14.3 Å². The van der Waals surface area contributed by atoms with Gasteiger partial charge in [-0.15, -0.1) is 10.2 Å². The van der Waals surface area contributed by atoms with E-state index in [0.29, 0.717) is 41.4 Å². The second kappa shape index (κ2) is 9.96. The number of aromatic nitrogens is 4. The van der Waals surface area contributed by atoms with Crippen LogP contribution in [0.1, 0.15) is 12.0 Å². The minimum Gasteiger partial charge on any atom is -0.490 e. The molecule has 2 aromatic carbocycles. The number of hydrogen-bond donors (Lipinski definition) is 1. The Hall–Kier alpha value is -3.85. The van der Waals surface area contributed by atoms with Crippen LogP contribution in [0.5, 0.6) is 11.5 Å². The highest BCUT2D eigenvalue weighted by molar-refractivity contribution is 7.99. The van der Waals surface area contributed by atoms with Crippen LogP contribution in [0.25, 0.3) is 17.1 Å². The number of nitrogens with one attached hydrogen (secondary N) is 1. The predicted octanol–water partition coefficient (Wildman–Crippen LogP) is 4.53. The molecule has 1 aliphatic heterocycles. The summed E-state index contributed by atoms with van der Waals surface area (Å²) >= 11 is 1.33. The highest BCUT2D eigenvalue weighted by Gasteiger charge is 2.19. The second-order valence-electron chi connectivity index (χ2n) is 7.72. The zero-order chi connectivity index (χ0) is 23.3. The summed E-state index contributed by atoms with van der Waals surface area (Å²) in [7, 11) is 0. The highest BCUT2D eigenvalue weighted by Crippen LogP contribution is 2.33. The molecule has 0 bridgehead atoms. The Morgan fingerprint density at radius 1 is 1.06 bits per heavy atom. The van der Waals surface area contributed by atoms with Crippen molar-refractivity contribution >= 4 is 23.4 Å². The van der Waals surface area contributed by atoms with Gasteiger partial charge < -0.3 is 14.8 Å². The van der Waals surface area contributed by atoms with Gasteiger partial charge in [0.25, 0.3) is 0 Å². The van der Waals surface area contributed by atoms with Crippen LogP contribution in [0.2, 0.25) is 0 Å². The van der Waals surface area contributed by atoms with E-state index in [0.717, 1.165) is 23.2 Å². The number of rotatable bonds is 6. The average molecular weight is 474 g/mol. The molecule has 0 spiro atoms. The first kappa shape index (κ1) is 22.0. The first-order chi connectivity index (χ1) is 16.7. The zero-order valence-corrected chi connectivity index (χ0v) is 19.4. The van der Waals surface area contributed by atoms with Gasteiger partial charge in [0, 0.05) is 36.1 Å². The van der Waals surface area contributed by atoms with Gasteiger partial charge in [0.05, 0.1) is 24.7 Å². The van der Waals surface area contributed by atoms with Gasteiger partial charge in [-0.05, 0) is 42.8 Å². The summed E-state index contributed by atoms with van der Waals surface area (Å²) in [6, 6.07) is 17.2. The smallest absolute Gasteiger partial charge is 0.234 e. The molecule has 9 heteroatoms. The molecule has 1 N–H and O–H groups in total. The number of carbonyl (C=O) groups is 1. The van der Waals surface area contributed by atoms with Crippen molar-refractivity contribution in [2.75, 3.05) is 24.3 Å². The summed E-state index contributed by atoms with van der Waals surface area (Å²) in [5.41, 5.74) is 3.54. The van der Waals surface area contributed by atoms with Crippen LogP contribution < -0.4 is 14.8 Å². The second-order valence-corrected chi connectivity index (χ2v) is 8.66. The Labute approximate surface area is 201 Å². The van der Waals surface area contributed by atoms with Gasteiger partial charge >= 0.3 is 0 Å². The van der Waals surface area contributed by atoms with E-state index >= 15 is 0 Å². The minimum atomic E-state index is -0.151. The predicted molar refractivity (Wildman–Crippen MR) is 131 cm³/mol. The number of hydrogen-bond acceptors (Lipinski definition) is 7. The lowest BCUT2D eigenvalue weighted by Crippen LogP contribution is -2.14. The van der Waals surface area contributed by atoms with E-state index in [1.807, 2.05) is 60.0 Å². The van der Waals surface area contributed by atoms with Crippen LogP contribution in [0, 0.1) is 6.92 Å². The van der Waals surface area contributed by atoms with Crippen LogP contribution in [0.4, 0.5) is 5.69 Å². The maximum atomic E-state index is 12.7. The first-order valence-electron chi connectivity index (χ1n) is 10.9. The van der Waals surface area contributed by atoms with Crippen LogP contribution in [0.3, 0.4) is 0 Å². The van der Waals surface area contributed by atoms with Crippen molar-refractivity contribution in [3.05, 3.63) is 72.6 Å². The van der Waals surface area contributed by atoms with E-state index < -0.39 is 0 Å². The lowest BCUT2D eigenvalue weighted by atomic mass is 10.2. The summed E-state index contributed by atoms with van der Waals surface area (Å²) < 4.78 is 13.3. The first-order valence-corrected chi connectivity index (χ1v) is 11.9. The number of ether oxygens (including phenoxy) is 2. The molecule has 0 fully saturated rings. The molecule has 0 saturated carbocycles. The van der Waals surface area contributed by atoms with Gasteiger partial charge in [-0.2, -0.15) is 0 Å². The molecule has 1 aliphatic rings. The molecule has 3 heterocycles. The molecular formula is C25H23N5O3S. The van der Waals surface area contributed by atoms with Crippen LogP contribution >= 0.6 is 11.8 Å². The van der Waals surface area contributed by atoms with Crippen molar-refractivity contribution in [1.29, 1.82) is 0 Å². The number of aryl methyl sites for hydroxylation is 1. The lowest BCUT2D eigenvalue weighted by Gasteiger charge is -2.13. The van der Waals surface area contributed by atoms with E-state index in [9.17, 15) is 4.79 Å². The molecule has 0 aliphatic carbocycles. The summed E-state index contributed by atoms with van der Waals surface area (Å²) in [4.78, 5) is 17.0. The van der Waals surface area contributed by atoms with Crippen LogP contribution in [0.15, 0.2) is 72.1 Å². The maximum Gasteiger partial charge on any atom is 0.234 e. The molecule has 0 saturated heterocycles. The number of para-hydroxylation sites is 1. The van der Waals surface area contributed by atoms with Gasteiger partial charge in [0.15, 0.2) is 22.5 Å². The SMILES string of the molecule is Cc1ccccc1-n1c(SCC(=O)Nc2ccc3c(c2)OCCCO3)nnc1-c1cccnc1. The third-order valence-electron chi connectivity index (χ3n) is 5.27. The number of fused-ring (bicyclic) bond motifs is 1. The van der Waals surface area contributed by atoms with Crippen molar-refractivity contribution in [3.8, 4) is 28.6 Å². The van der Waals surface area contributed by atoms with Crippen molar-refractivity contribution < 1.29 is 14.3 Å². The van der Waals surface area contributed by atoms with E-state index in [4.69, 9.17) is 9.47 Å². The quantitative estimate of drug-likeness (QED) is 0.412. The number of amides is 1. The van der Waals surface area contributed by atoms with E-state index in [1.54, 1.807) is 18.5 Å². The lowest BCUT2D eigenvalue weighted by molar-refractivity contribution is -0.113. The Bertz CT molecular complexity index is 1310. The Balaban J connectivity index is 1.36. The molecule has 0 unspecified atom stereocenters. The minimum absolute atomic E-state index is 0.151. The van der Waals surface area contributed by atoms with Gasteiger partial charge in [-0.1, -0.05) is 30.0 Å². The fraction of sp³-hybridized carbons (Fsp3) is 0.200. The van der Waals surface area contributed by atoms with Crippen LogP contribution in [-0.4, -0.2) is 44.6 Å². The normalized spacial score (nSPS) is 12.7. The van der Waals surface area contributed by atoms with Crippen molar-refractivity contribution in [2.24, 2.45) is 0 Å². The summed E-state index contributed by atoms with van der Waals surface area (Å²) in [5, 5.41) is 12.4. The van der Waals surface area contributed by atoms with E-state index in [2.05, 4.69) is 20.5 Å². The number of nitrogens with zero attached hydrogens (tertiary/aromatic N) is 4.